The van der Waals surface area contributed by atoms with Crippen molar-refractivity contribution in [1.82, 2.24) is 4.90 Å². The molecule has 0 radical (unpaired) electrons. The van der Waals surface area contributed by atoms with Crippen molar-refractivity contribution >= 4 is 40.7 Å². The predicted octanol–water partition coefficient (Wildman–Crippen LogP) is 7.12. The van der Waals surface area contributed by atoms with E-state index in [1.54, 1.807) is 0 Å². The Labute approximate surface area is 243 Å². The Morgan fingerprint density at radius 1 is 0.975 bits per heavy atom. The van der Waals surface area contributed by atoms with Gasteiger partial charge < -0.3 is 24.2 Å². The average molecular weight is 584 g/mol. The summed E-state index contributed by atoms with van der Waals surface area (Å²) < 4.78 is 16.6. The van der Waals surface area contributed by atoms with Gasteiger partial charge in [0.1, 0.15) is 22.1 Å². The SMILES string of the molecule is COc1c(Cl)cc(/C(O)=C2\C(=O)C(=O)N(Cc3ccc(OC(C)(C)C)cc3)C2c2cccc(C)c2)c(OC)c1Cl. The fourth-order valence-corrected chi connectivity index (χ4v) is 5.42. The van der Waals surface area contributed by atoms with Crippen LogP contribution in [0.1, 0.15) is 49.1 Å². The largest absolute Gasteiger partial charge is 0.507 e. The molecule has 0 saturated carbocycles. The minimum Gasteiger partial charge on any atom is -0.507 e. The third kappa shape index (κ3) is 5.76. The zero-order valence-electron chi connectivity index (χ0n) is 23.2. The van der Waals surface area contributed by atoms with Crippen LogP contribution in [0, 0.1) is 6.92 Å². The Balaban J connectivity index is 1.85. The van der Waals surface area contributed by atoms with Gasteiger partial charge in [0.25, 0.3) is 11.7 Å². The van der Waals surface area contributed by atoms with Gasteiger partial charge in [0, 0.05) is 6.54 Å². The van der Waals surface area contributed by atoms with Crippen molar-refractivity contribution in [3.05, 3.63) is 92.5 Å². The minimum absolute atomic E-state index is 0.0259. The van der Waals surface area contributed by atoms with E-state index in [0.717, 1.165) is 11.1 Å². The Morgan fingerprint density at radius 2 is 1.62 bits per heavy atom. The number of methoxy groups -OCH3 is 2. The second kappa shape index (κ2) is 11.4. The molecule has 1 aliphatic rings. The first-order valence-corrected chi connectivity index (χ1v) is 13.3. The van der Waals surface area contributed by atoms with Crippen molar-refractivity contribution in [2.45, 2.75) is 45.9 Å². The number of aryl methyl sites for hydroxylation is 1. The molecule has 7 nitrogen and oxygen atoms in total. The van der Waals surface area contributed by atoms with E-state index < -0.39 is 23.5 Å². The van der Waals surface area contributed by atoms with Crippen LogP contribution in [0.4, 0.5) is 0 Å². The first-order chi connectivity index (χ1) is 18.9. The van der Waals surface area contributed by atoms with Gasteiger partial charge >= 0.3 is 0 Å². The van der Waals surface area contributed by atoms with Crippen LogP contribution < -0.4 is 14.2 Å². The summed E-state index contributed by atoms with van der Waals surface area (Å²) in [4.78, 5) is 28.4. The smallest absolute Gasteiger partial charge is 0.295 e. The summed E-state index contributed by atoms with van der Waals surface area (Å²) in [7, 11) is 2.77. The third-order valence-electron chi connectivity index (χ3n) is 6.39. The molecule has 3 aromatic rings. The second-order valence-electron chi connectivity index (χ2n) is 10.5. The normalized spacial score (nSPS) is 16.8. The number of amides is 1. The van der Waals surface area contributed by atoms with Crippen LogP contribution >= 0.6 is 23.2 Å². The highest BCUT2D eigenvalue weighted by molar-refractivity contribution is 6.47. The molecule has 1 unspecified atom stereocenters. The maximum absolute atomic E-state index is 13.5. The number of carbonyl (C=O) groups excluding carboxylic acids is 2. The number of carbonyl (C=O) groups is 2. The molecule has 1 fully saturated rings. The van der Waals surface area contributed by atoms with E-state index in [4.69, 9.17) is 37.4 Å². The van der Waals surface area contributed by atoms with Gasteiger partial charge in [0.05, 0.1) is 36.4 Å². The molecule has 40 heavy (non-hydrogen) atoms. The summed E-state index contributed by atoms with van der Waals surface area (Å²) >= 11 is 12.8. The molecule has 0 spiro atoms. The summed E-state index contributed by atoms with van der Waals surface area (Å²) in [6.45, 7) is 7.91. The molecule has 0 aliphatic carbocycles. The highest BCUT2D eigenvalue weighted by Gasteiger charge is 2.46. The van der Waals surface area contributed by atoms with E-state index in [0.29, 0.717) is 11.3 Å². The Kier molecular flexibility index (Phi) is 8.38. The van der Waals surface area contributed by atoms with Gasteiger partial charge in [-0.1, -0.05) is 65.2 Å². The molecule has 210 valence electrons. The van der Waals surface area contributed by atoms with Gasteiger partial charge in [-0.05, 0) is 57.0 Å². The highest BCUT2D eigenvalue weighted by Crippen LogP contribution is 2.47. The van der Waals surface area contributed by atoms with E-state index in [9.17, 15) is 14.7 Å². The lowest BCUT2D eigenvalue weighted by molar-refractivity contribution is -0.140. The number of ketones is 1. The molecule has 0 bridgehead atoms. The number of hydrogen-bond acceptors (Lipinski definition) is 6. The summed E-state index contributed by atoms with van der Waals surface area (Å²) in [6, 6.07) is 15.3. The number of Topliss-reactive ketones (excluding diaryl/α,β-unsaturated/α-hetero) is 1. The number of nitrogens with zero attached hydrogens (tertiary/aromatic N) is 1. The van der Waals surface area contributed by atoms with Crippen LogP contribution in [-0.2, 0) is 16.1 Å². The summed E-state index contributed by atoms with van der Waals surface area (Å²) in [6.07, 6.45) is 0. The third-order valence-corrected chi connectivity index (χ3v) is 7.02. The van der Waals surface area contributed by atoms with Crippen molar-refractivity contribution in [2.24, 2.45) is 0 Å². The van der Waals surface area contributed by atoms with Crippen molar-refractivity contribution in [3.63, 3.8) is 0 Å². The summed E-state index contributed by atoms with van der Waals surface area (Å²) in [5.41, 5.74) is 1.99. The van der Waals surface area contributed by atoms with Crippen LogP contribution in [0.5, 0.6) is 17.2 Å². The number of aliphatic hydroxyl groups excluding tert-OH is 1. The molecule has 1 saturated heterocycles. The molecule has 1 amide bonds. The molecule has 1 N–H and O–H groups in total. The summed E-state index contributed by atoms with van der Waals surface area (Å²) in [5, 5.41) is 11.7. The van der Waals surface area contributed by atoms with Crippen molar-refractivity contribution in [3.8, 4) is 17.2 Å². The zero-order chi connectivity index (χ0) is 29.4. The Hall–Kier alpha value is -3.68. The highest BCUT2D eigenvalue weighted by atomic mass is 35.5. The lowest BCUT2D eigenvalue weighted by Gasteiger charge is -2.26. The Morgan fingerprint density at radius 3 is 2.20 bits per heavy atom. The number of hydrogen-bond donors (Lipinski definition) is 1. The monoisotopic (exact) mass is 583 g/mol. The fraction of sp³-hybridized carbons (Fsp3) is 0.290. The molecule has 0 aromatic heterocycles. The standard InChI is InChI=1S/C31H31Cl2NO6/c1-17-8-7-9-19(14-17)25-23(26(35)21-15-22(32)29(39-6)24(33)28(21)38-5)27(36)30(37)34(25)16-18-10-12-20(13-11-18)40-31(2,3)4/h7-15,25,35H,16H2,1-6H3/b26-23+. The van der Waals surface area contributed by atoms with E-state index in [1.165, 1.54) is 25.2 Å². The van der Waals surface area contributed by atoms with Crippen LogP contribution in [0.15, 0.2) is 60.2 Å². The number of rotatable bonds is 7. The topological polar surface area (TPSA) is 85.3 Å². The van der Waals surface area contributed by atoms with Gasteiger partial charge in [-0.25, -0.2) is 0 Å². The van der Waals surface area contributed by atoms with Crippen molar-refractivity contribution in [2.75, 3.05) is 14.2 Å². The van der Waals surface area contributed by atoms with E-state index in [1.807, 2.05) is 76.2 Å². The maximum atomic E-state index is 13.5. The van der Waals surface area contributed by atoms with E-state index in [2.05, 4.69) is 0 Å². The van der Waals surface area contributed by atoms with Gasteiger partial charge in [0.15, 0.2) is 11.5 Å². The zero-order valence-corrected chi connectivity index (χ0v) is 24.7. The quantitative estimate of drug-likeness (QED) is 0.181. The molecular weight excluding hydrogens is 553 g/mol. The van der Waals surface area contributed by atoms with Crippen molar-refractivity contribution in [1.29, 1.82) is 0 Å². The lowest BCUT2D eigenvalue weighted by Crippen LogP contribution is -2.29. The summed E-state index contributed by atoms with van der Waals surface area (Å²) in [5.74, 6) is -1.12. The number of benzene rings is 3. The molecule has 1 heterocycles. The fourth-order valence-electron chi connectivity index (χ4n) is 4.73. The lowest BCUT2D eigenvalue weighted by atomic mass is 9.94. The number of halogens is 2. The molecule has 1 atom stereocenters. The molecule has 9 heteroatoms. The minimum atomic E-state index is -0.880. The molecule has 1 aliphatic heterocycles. The Bertz CT molecular complexity index is 1490. The number of ether oxygens (including phenoxy) is 3. The molecular formula is C31H31Cl2NO6. The van der Waals surface area contributed by atoms with Crippen LogP contribution in [0.3, 0.4) is 0 Å². The van der Waals surface area contributed by atoms with Gasteiger partial charge in [-0.15, -0.1) is 0 Å². The van der Waals surface area contributed by atoms with Crippen LogP contribution in [0.25, 0.3) is 5.76 Å². The van der Waals surface area contributed by atoms with Crippen molar-refractivity contribution < 1.29 is 28.9 Å². The van der Waals surface area contributed by atoms with E-state index >= 15 is 0 Å². The second-order valence-corrected chi connectivity index (χ2v) is 11.3. The average Bonchev–Trinajstić information content (AvgIpc) is 3.13. The van der Waals surface area contributed by atoms with Crippen LogP contribution in [-0.4, -0.2) is 41.5 Å². The van der Waals surface area contributed by atoms with Gasteiger partial charge in [-0.2, -0.15) is 0 Å². The molecule has 4 rings (SSSR count). The van der Waals surface area contributed by atoms with Gasteiger partial charge in [0.2, 0.25) is 0 Å². The number of aliphatic hydroxyl groups is 1. The van der Waals surface area contributed by atoms with Crippen LogP contribution in [0.2, 0.25) is 10.0 Å². The maximum Gasteiger partial charge on any atom is 0.295 e. The van der Waals surface area contributed by atoms with Gasteiger partial charge in [-0.3, -0.25) is 9.59 Å². The van der Waals surface area contributed by atoms with E-state index in [-0.39, 0.29) is 44.8 Å². The first kappa shape index (κ1) is 29.3. The number of likely N-dealkylation sites (tertiary alicyclic amines) is 1. The molecule has 3 aromatic carbocycles. The predicted molar refractivity (Wildman–Crippen MR) is 155 cm³/mol. The first-order valence-electron chi connectivity index (χ1n) is 12.6.